The van der Waals surface area contributed by atoms with Crippen molar-refractivity contribution in [2.45, 2.75) is 44.9 Å². The number of ether oxygens (including phenoxy) is 1. The maximum Gasteiger partial charge on any atom is 0.347 e. The second-order valence-corrected chi connectivity index (χ2v) is 7.61. The number of carbonyl (C=O) groups is 1. The molecule has 0 aliphatic carbocycles. The molecule has 152 valence electrons. The molecule has 0 heterocycles. The third kappa shape index (κ3) is 5.86. The van der Waals surface area contributed by atoms with Gasteiger partial charge < -0.3 is 25.4 Å². The first kappa shape index (κ1) is 22.0. The summed E-state index contributed by atoms with van der Waals surface area (Å²) in [5.41, 5.74) is 0.269. The van der Waals surface area contributed by atoms with Gasteiger partial charge in [0.2, 0.25) is 0 Å². The standard InChI is InChI=1S/C21H26ClNO5/c1-13(19(25)15-4-7-16(24)8-5-15)23-11-10-14-6-9-17(12-18(14)22)28-21(2,3)20(26)27/h4-9,12-13,19,23-25H,10-11H2,1-3H3,(H,26,27). The topological polar surface area (TPSA) is 99.0 Å². The highest BCUT2D eigenvalue weighted by atomic mass is 35.5. The lowest BCUT2D eigenvalue weighted by molar-refractivity contribution is -0.152. The van der Waals surface area contributed by atoms with E-state index in [1.165, 1.54) is 13.8 Å². The van der Waals surface area contributed by atoms with Crippen molar-refractivity contribution < 1.29 is 24.9 Å². The zero-order chi connectivity index (χ0) is 20.9. The third-order valence-corrected chi connectivity index (χ3v) is 4.83. The van der Waals surface area contributed by atoms with Crippen LogP contribution in [0.2, 0.25) is 5.02 Å². The van der Waals surface area contributed by atoms with Gasteiger partial charge >= 0.3 is 5.97 Å². The molecule has 28 heavy (non-hydrogen) atoms. The highest BCUT2D eigenvalue weighted by Gasteiger charge is 2.29. The van der Waals surface area contributed by atoms with Crippen LogP contribution in [0.3, 0.4) is 0 Å². The third-order valence-electron chi connectivity index (χ3n) is 4.48. The fourth-order valence-electron chi connectivity index (χ4n) is 2.64. The SMILES string of the molecule is CC(NCCc1ccc(OC(C)(C)C(=O)O)cc1Cl)C(O)c1ccc(O)cc1. The first-order chi connectivity index (χ1) is 13.1. The number of rotatable bonds is 9. The van der Waals surface area contributed by atoms with Gasteiger partial charge in [-0.2, -0.15) is 0 Å². The molecular formula is C21H26ClNO5. The van der Waals surface area contributed by atoms with E-state index < -0.39 is 17.7 Å². The number of hydrogen-bond acceptors (Lipinski definition) is 5. The van der Waals surface area contributed by atoms with Gasteiger partial charge in [0.1, 0.15) is 11.5 Å². The second kappa shape index (κ2) is 9.28. The van der Waals surface area contributed by atoms with Crippen LogP contribution in [0.4, 0.5) is 0 Å². The Balaban J connectivity index is 1.90. The Labute approximate surface area is 169 Å². The number of aromatic hydroxyl groups is 1. The lowest BCUT2D eigenvalue weighted by Crippen LogP contribution is -2.37. The van der Waals surface area contributed by atoms with Gasteiger partial charge in [0.25, 0.3) is 0 Å². The minimum Gasteiger partial charge on any atom is -0.508 e. The van der Waals surface area contributed by atoms with E-state index in [-0.39, 0.29) is 11.8 Å². The summed E-state index contributed by atoms with van der Waals surface area (Å²) in [6.07, 6.45) is -0.0706. The molecule has 7 heteroatoms. The average Bonchev–Trinajstić information content (AvgIpc) is 2.63. The molecule has 0 bridgehead atoms. The van der Waals surface area contributed by atoms with Crippen LogP contribution in [-0.2, 0) is 11.2 Å². The van der Waals surface area contributed by atoms with E-state index in [1.807, 2.05) is 6.92 Å². The van der Waals surface area contributed by atoms with Gasteiger partial charge in [0.15, 0.2) is 5.60 Å². The van der Waals surface area contributed by atoms with Gasteiger partial charge in [0.05, 0.1) is 6.10 Å². The van der Waals surface area contributed by atoms with Crippen LogP contribution in [0.15, 0.2) is 42.5 Å². The Morgan fingerprint density at radius 3 is 2.43 bits per heavy atom. The molecule has 2 rings (SSSR count). The molecule has 2 aromatic rings. The van der Waals surface area contributed by atoms with E-state index in [0.29, 0.717) is 23.7 Å². The van der Waals surface area contributed by atoms with Crippen molar-refractivity contribution in [1.29, 1.82) is 0 Å². The smallest absolute Gasteiger partial charge is 0.347 e. The Hall–Kier alpha value is -2.28. The summed E-state index contributed by atoms with van der Waals surface area (Å²) in [5, 5.41) is 32.6. The number of carboxylic acid groups (broad SMARTS) is 1. The minimum absolute atomic E-state index is 0.158. The Bertz CT molecular complexity index is 807. The normalized spacial score (nSPS) is 13.8. The highest BCUT2D eigenvalue weighted by Crippen LogP contribution is 2.26. The molecule has 0 fully saturated rings. The monoisotopic (exact) mass is 407 g/mol. The van der Waals surface area contributed by atoms with E-state index in [9.17, 15) is 15.0 Å². The van der Waals surface area contributed by atoms with Crippen LogP contribution in [0.1, 0.15) is 38.0 Å². The number of halogens is 1. The molecule has 0 aliphatic rings. The average molecular weight is 408 g/mol. The predicted octanol–water partition coefficient (Wildman–Crippen LogP) is 3.54. The number of aliphatic hydroxyl groups is 1. The number of phenols is 1. The van der Waals surface area contributed by atoms with Crippen LogP contribution in [-0.4, -0.2) is 39.5 Å². The molecule has 0 spiro atoms. The van der Waals surface area contributed by atoms with E-state index in [1.54, 1.807) is 42.5 Å². The fraction of sp³-hybridized carbons (Fsp3) is 0.381. The lowest BCUT2D eigenvalue weighted by atomic mass is 10.0. The summed E-state index contributed by atoms with van der Waals surface area (Å²) in [6, 6.07) is 11.4. The zero-order valence-electron chi connectivity index (χ0n) is 16.1. The second-order valence-electron chi connectivity index (χ2n) is 7.20. The summed E-state index contributed by atoms with van der Waals surface area (Å²) in [7, 11) is 0. The summed E-state index contributed by atoms with van der Waals surface area (Å²) >= 11 is 6.30. The van der Waals surface area contributed by atoms with Crippen molar-refractivity contribution in [3.05, 3.63) is 58.6 Å². The molecule has 2 unspecified atom stereocenters. The number of aliphatic carboxylic acids is 1. The zero-order valence-corrected chi connectivity index (χ0v) is 16.9. The van der Waals surface area contributed by atoms with Gasteiger partial charge in [-0.15, -0.1) is 0 Å². The number of benzene rings is 2. The van der Waals surface area contributed by atoms with Crippen LogP contribution in [0.5, 0.6) is 11.5 Å². The van der Waals surface area contributed by atoms with Crippen molar-refractivity contribution in [3.8, 4) is 11.5 Å². The molecule has 0 radical (unpaired) electrons. The number of hydrogen-bond donors (Lipinski definition) is 4. The van der Waals surface area contributed by atoms with Crippen LogP contribution < -0.4 is 10.1 Å². The fourth-order valence-corrected chi connectivity index (χ4v) is 2.90. The van der Waals surface area contributed by atoms with Crippen LogP contribution >= 0.6 is 11.6 Å². The number of carboxylic acids is 1. The van der Waals surface area contributed by atoms with Crippen molar-refractivity contribution in [1.82, 2.24) is 5.32 Å². The van der Waals surface area contributed by atoms with E-state index in [4.69, 9.17) is 21.4 Å². The quantitative estimate of drug-likeness (QED) is 0.507. The van der Waals surface area contributed by atoms with Crippen molar-refractivity contribution >= 4 is 17.6 Å². The summed E-state index contributed by atoms with van der Waals surface area (Å²) in [6.45, 7) is 5.42. The van der Waals surface area contributed by atoms with Gasteiger partial charge in [-0.1, -0.05) is 29.8 Å². The molecule has 2 aromatic carbocycles. The molecule has 0 saturated carbocycles. The Kier molecular flexibility index (Phi) is 7.29. The summed E-state index contributed by atoms with van der Waals surface area (Å²) < 4.78 is 5.48. The number of aliphatic hydroxyl groups excluding tert-OH is 1. The van der Waals surface area contributed by atoms with Gasteiger partial charge in [-0.05, 0) is 69.1 Å². The van der Waals surface area contributed by atoms with Crippen molar-refractivity contribution in [2.24, 2.45) is 0 Å². The Morgan fingerprint density at radius 2 is 1.86 bits per heavy atom. The van der Waals surface area contributed by atoms with Crippen LogP contribution in [0.25, 0.3) is 0 Å². The highest BCUT2D eigenvalue weighted by molar-refractivity contribution is 6.31. The molecule has 0 aliphatic heterocycles. The molecule has 0 amide bonds. The summed E-state index contributed by atoms with van der Waals surface area (Å²) in [4.78, 5) is 11.2. The largest absolute Gasteiger partial charge is 0.508 e. The number of nitrogens with one attached hydrogen (secondary N) is 1. The first-order valence-corrected chi connectivity index (χ1v) is 9.39. The molecule has 0 aromatic heterocycles. The predicted molar refractivity (Wildman–Crippen MR) is 108 cm³/mol. The Morgan fingerprint density at radius 1 is 1.21 bits per heavy atom. The van der Waals surface area contributed by atoms with E-state index in [2.05, 4.69) is 5.32 Å². The van der Waals surface area contributed by atoms with Crippen molar-refractivity contribution in [2.75, 3.05) is 6.54 Å². The molecule has 2 atom stereocenters. The van der Waals surface area contributed by atoms with E-state index >= 15 is 0 Å². The minimum atomic E-state index is -1.34. The maximum absolute atomic E-state index is 11.2. The van der Waals surface area contributed by atoms with E-state index in [0.717, 1.165) is 11.1 Å². The molecule has 6 nitrogen and oxygen atoms in total. The first-order valence-electron chi connectivity index (χ1n) is 9.01. The molecule has 0 saturated heterocycles. The molecule has 4 N–H and O–H groups in total. The van der Waals surface area contributed by atoms with Gasteiger partial charge in [0, 0.05) is 11.1 Å². The maximum atomic E-state index is 11.2. The van der Waals surface area contributed by atoms with Crippen molar-refractivity contribution in [3.63, 3.8) is 0 Å². The summed E-state index contributed by atoms with van der Waals surface area (Å²) in [5.74, 6) is -0.506. The number of phenolic OH excluding ortho intramolecular Hbond substituents is 1. The van der Waals surface area contributed by atoms with Crippen LogP contribution in [0, 0.1) is 0 Å². The lowest BCUT2D eigenvalue weighted by Gasteiger charge is -2.22. The van der Waals surface area contributed by atoms with Gasteiger partial charge in [-0.3, -0.25) is 0 Å². The van der Waals surface area contributed by atoms with Gasteiger partial charge in [-0.25, -0.2) is 4.79 Å². The molecular weight excluding hydrogens is 382 g/mol.